The fourth-order valence-electron chi connectivity index (χ4n) is 3.48. The topological polar surface area (TPSA) is 51.7 Å². The van der Waals surface area contributed by atoms with Gasteiger partial charge in [0.1, 0.15) is 0 Å². The second-order valence-corrected chi connectivity index (χ2v) is 10.6. The van der Waals surface area contributed by atoms with E-state index in [2.05, 4.69) is 46.6 Å². The van der Waals surface area contributed by atoms with Crippen LogP contribution in [0.15, 0.2) is 10.7 Å². The van der Waals surface area contributed by atoms with E-state index in [9.17, 15) is 4.79 Å². The fraction of sp³-hybridized carbons (Fsp3) is 0.739. The quantitative estimate of drug-likeness (QED) is 0.460. The Morgan fingerprint density at radius 3 is 2.41 bits per heavy atom. The van der Waals surface area contributed by atoms with Crippen LogP contribution in [0.1, 0.15) is 85.1 Å². The average Bonchev–Trinajstić information content (AvgIpc) is 2.61. The lowest BCUT2D eigenvalue weighted by atomic mass is 9.82. The molecule has 1 aliphatic rings. The molecule has 0 spiro atoms. The standard InChI is InChI=1S/C23H37BrN2O3/c1-9-23(7,8)29-20(21(27)28-15(2)3)18-16(4)25-14-17(24)19(18)26-12-10-22(5,6)11-13-26/h14-15,20H,9-13H2,1-8H3. The van der Waals surface area contributed by atoms with Crippen molar-refractivity contribution in [3.8, 4) is 0 Å². The van der Waals surface area contributed by atoms with Crippen LogP contribution in [0.3, 0.4) is 0 Å². The zero-order valence-corrected chi connectivity index (χ0v) is 20.9. The summed E-state index contributed by atoms with van der Waals surface area (Å²) in [6.45, 7) is 18.2. The summed E-state index contributed by atoms with van der Waals surface area (Å²) in [5.74, 6) is -0.358. The molecule has 0 N–H and O–H groups in total. The molecule has 0 radical (unpaired) electrons. The van der Waals surface area contributed by atoms with Gasteiger partial charge in [0.05, 0.1) is 21.9 Å². The number of nitrogens with zero attached hydrogens (tertiary/aromatic N) is 2. The van der Waals surface area contributed by atoms with Crippen LogP contribution in [-0.2, 0) is 14.3 Å². The van der Waals surface area contributed by atoms with E-state index in [1.165, 1.54) is 0 Å². The summed E-state index contributed by atoms with van der Waals surface area (Å²) in [5, 5.41) is 0. The van der Waals surface area contributed by atoms with Crippen molar-refractivity contribution >= 4 is 27.6 Å². The third kappa shape index (κ3) is 6.17. The van der Waals surface area contributed by atoms with Gasteiger partial charge in [0.25, 0.3) is 0 Å². The monoisotopic (exact) mass is 468 g/mol. The molecule has 1 aromatic heterocycles. The molecule has 164 valence electrons. The number of aryl methyl sites for hydroxylation is 1. The molecule has 1 saturated heterocycles. The van der Waals surface area contributed by atoms with Crippen LogP contribution >= 0.6 is 15.9 Å². The van der Waals surface area contributed by atoms with Crippen molar-refractivity contribution in [3.63, 3.8) is 0 Å². The Bertz CT molecular complexity index is 721. The van der Waals surface area contributed by atoms with E-state index < -0.39 is 11.7 Å². The van der Waals surface area contributed by atoms with Crippen molar-refractivity contribution in [3.05, 3.63) is 21.9 Å². The van der Waals surface area contributed by atoms with Crippen LogP contribution < -0.4 is 4.90 Å². The number of aromatic nitrogens is 1. The first kappa shape index (κ1) is 24.1. The van der Waals surface area contributed by atoms with Crippen molar-refractivity contribution in [2.45, 2.75) is 92.5 Å². The number of carbonyl (C=O) groups excluding carboxylic acids is 1. The van der Waals surface area contributed by atoms with Crippen LogP contribution in [0.4, 0.5) is 5.69 Å². The molecular formula is C23H37BrN2O3. The van der Waals surface area contributed by atoms with Crippen LogP contribution in [0.2, 0.25) is 0 Å². The molecule has 2 rings (SSSR count). The number of halogens is 1. The summed E-state index contributed by atoms with van der Waals surface area (Å²) in [6.07, 6.45) is 3.78. The number of hydrogen-bond donors (Lipinski definition) is 0. The largest absolute Gasteiger partial charge is 0.461 e. The predicted molar refractivity (Wildman–Crippen MR) is 121 cm³/mol. The third-order valence-electron chi connectivity index (χ3n) is 5.79. The van der Waals surface area contributed by atoms with Crippen LogP contribution in [0.25, 0.3) is 0 Å². The minimum atomic E-state index is -0.817. The van der Waals surface area contributed by atoms with Gasteiger partial charge in [-0.25, -0.2) is 4.79 Å². The van der Waals surface area contributed by atoms with E-state index in [0.717, 1.165) is 53.8 Å². The molecule has 0 saturated carbocycles. The van der Waals surface area contributed by atoms with E-state index >= 15 is 0 Å². The molecule has 1 aromatic rings. The van der Waals surface area contributed by atoms with Gasteiger partial charge >= 0.3 is 5.97 Å². The Morgan fingerprint density at radius 1 is 1.31 bits per heavy atom. The van der Waals surface area contributed by atoms with Crippen LogP contribution in [0.5, 0.6) is 0 Å². The second kappa shape index (κ2) is 9.34. The molecule has 1 fully saturated rings. The van der Waals surface area contributed by atoms with Crippen LogP contribution in [0, 0.1) is 12.3 Å². The summed E-state index contributed by atoms with van der Waals surface area (Å²) in [6, 6.07) is 0. The van der Waals surface area contributed by atoms with E-state index in [0.29, 0.717) is 5.41 Å². The summed E-state index contributed by atoms with van der Waals surface area (Å²) in [7, 11) is 0. The number of carbonyl (C=O) groups is 1. The van der Waals surface area contributed by atoms with Crippen molar-refractivity contribution in [2.75, 3.05) is 18.0 Å². The zero-order chi connectivity index (χ0) is 22.0. The number of pyridine rings is 1. The van der Waals surface area contributed by atoms with Gasteiger partial charge in [0, 0.05) is 30.5 Å². The second-order valence-electron chi connectivity index (χ2n) is 9.70. The highest BCUT2D eigenvalue weighted by molar-refractivity contribution is 9.10. The first-order chi connectivity index (χ1) is 13.4. The number of ether oxygens (including phenoxy) is 2. The molecule has 2 heterocycles. The lowest BCUT2D eigenvalue weighted by Crippen LogP contribution is -2.39. The minimum absolute atomic E-state index is 0.210. The minimum Gasteiger partial charge on any atom is -0.461 e. The lowest BCUT2D eigenvalue weighted by Gasteiger charge is -2.40. The van der Waals surface area contributed by atoms with Gasteiger partial charge in [-0.15, -0.1) is 0 Å². The highest BCUT2D eigenvalue weighted by atomic mass is 79.9. The van der Waals surface area contributed by atoms with E-state index in [1.54, 1.807) is 0 Å². The Balaban J connectivity index is 2.54. The molecule has 1 unspecified atom stereocenters. The summed E-state index contributed by atoms with van der Waals surface area (Å²) < 4.78 is 12.9. The van der Waals surface area contributed by atoms with Crippen LogP contribution in [-0.4, -0.2) is 35.7 Å². The molecule has 1 aliphatic heterocycles. The fourth-order valence-corrected chi connectivity index (χ4v) is 4.04. The Morgan fingerprint density at radius 2 is 1.90 bits per heavy atom. The van der Waals surface area contributed by atoms with Gasteiger partial charge in [-0.1, -0.05) is 20.8 Å². The first-order valence-electron chi connectivity index (χ1n) is 10.6. The molecule has 0 aromatic carbocycles. The molecule has 29 heavy (non-hydrogen) atoms. The summed E-state index contributed by atoms with van der Waals surface area (Å²) >= 11 is 3.70. The molecule has 1 atom stereocenters. The number of piperidine rings is 1. The maximum absolute atomic E-state index is 13.1. The van der Waals surface area contributed by atoms with Crippen molar-refractivity contribution in [1.82, 2.24) is 4.98 Å². The lowest BCUT2D eigenvalue weighted by molar-refractivity contribution is -0.172. The van der Waals surface area contributed by atoms with E-state index in [-0.39, 0.29) is 12.1 Å². The smallest absolute Gasteiger partial charge is 0.340 e. The SMILES string of the molecule is CCC(C)(C)OC(C(=O)OC(C)C)c1c(C)ncc(Br)c1N1CCC(C)(C)CC1. The molecule has 0 amide bonds. The van der Waals surface area contributed by atoms with Crippen molar-refractivity contribution < 1.29 is 14.3 Å². The Kier molecular flexibility index (Phi) is 7.77. The number of esters is 1. The van der Waals surface area contributed by atoms with Gasteiger partial charge in [0.15, 0.2) is 6.10 Å². The molecule has 6 heteroatoms. The maximum atomic E-state index is 13.1. The van der Waals surface area contributed by atoms with Gasteiger partial charge in [-0.2, -0.15) is 0 Å². The zero-order valence-electron chi connectivity index (χ0n) is 19.3. The van der Waals surface area contributed by atoms with Crippen molar-refractivity contribution in [2.24, 2.45) is 5.41 Å². The summed E-state index contributed by atoms with van der Waals surface area (Å²) in [4.78, 5) is 20.0. The van der Waals surface area contributed by atoms with E-state index in [1.807, 2.05) is 40.8 Å². The Labute approximate surface area is 184 Å². The Hall–Kier alpha value is -1.14. The summed E-state index contributed by atoms with van der Waals surface area (Å²) in [5.41, 5.74) is 2.49. The highest BCUT2D eigenvalue weighted by Gasteiger charge is 2.37. The maximum Gasteiger partial charge on any atom is 0.340 e. The third-order valence-corrected chi connectivity index (χ3v) is 6.37. The molecular weight excluding hydrogens is 432 g/mol. The van der Waals surface area contributed by atoms with Crippen molar-refractivity contribution in [1.29, 1.82) is 0 Å². The normalized spacial score (nSPS) is 18.1. The molecule has 5 nitrogen and oxygen atoms in total. The van der Waals surface area contributed by atoms with Gasteiger partial charge < -0.3 is 14.4 Å². The van der Waals surface area contributed by atoms with Gasteiger partial charge in [-0.3, -0.25) is 4.98 Å². The number of rotatable bonds is 7. The predicted octanol–water partition coefficient (Wildman–Crippen LogP) is 5.98. The van der Waals surface area contributed by atoms with Gasteiger partial charge in [0.2, 0.25) is 0 Å². The van der Waals surface area contributed by atoms with Gasteiger partial charge in [-0.05, 0) is 75.2 Å². The number of anilines is 1. The first-order valence-corrected chi connectivity index (χ1v) is 11.4. The average molecular weight is 469 g/mol. The number of hydrogen-bond acceptors (Lipinski definition) is 5. The van der Waals surface area contributed by atoms with E-state index in [4.69, 9.17) is 9.47 Å². The molecule has 0 aliphatic carbocycles. The highest BCUT2D eigenvalue weighted by Crippen LogP contribution is 2.42. The molecule has 0 bridgehead atoms.